The van der Waals surface area contributed by atoms with Gasteiger partial charge in [0.1, 0.15) is 17.0 Å². The molecule has 0 saturated heterocycles. The molecular weight excluding hydrogens is 548 g/mol. The normalized spacial score (nSPS) is 17.6. The summed E-state index contributed by atoms with van der Waals surface area (Å²) in [5.41, 5.74) is 5.74. The highest BCUT2D eigenvalue weighted by Crippen LogP contribution is 2.33. The molecule has 8 nitrogen and oxygen atoms in total. The van der Waals surface area contributed by atoms with Gasteiger partial charge in [-0.2, -0.15) is 0 Å². The first kappa shape index (κ1) is 27.7. The van der Waals surface area contributed by atoms with E-state index in [1.807, 2.05) is 0 Å². The van der Waals surface area contributed by atoms with E-state index in [4.69, 9.17) is 5.73 Å². The molecule has 5 rings (SSSR count). The molecule has 0 unspecified atom stereocenters. The molecule has 40 heavy (non-hydrogen) atoms. The number of sulfonamides is 1. The van der Waals surface area contributed by atoms with Gasteiger partial charge in [-0.25, -0.2) is 40.9 Å². The Morgan fingerprint density at radius 3 is 2.38 bits per heavy atom. The smallest absolute Gasteiger partial charge is 0.237 e. The second-order valence-corrected chi connectivity index (χ2v) is 11.6. The molecule has 1 aliphatic rings. The van der Waals surface area contributed by atoms with Crippen molar-refractivity contribution in [1.29, 1.82) is 0 Å². The number of pyridine rings is 1. The number of aromatic nitrogens is 3. The molecule has 0 aliphatic heterocycles. The lowest BCUT2D eigenvalue weighted by molar-refractivity contribution is 0.410. The highest BCUT2D eigenvalue weighted by molar-refractivity contribution is 7.91. The van der Waals surface area contributed by atoms with Crippen LogP contribution in [0.4, 0.5) is 29.2 Å². The van der Waals surface area contributed by atoms with Gasteiger partial charge in [0.15, 0.2) is 17.5 Å². The second-order valence-electron chi connectivity index (χ2n) is 9.90. The number of fused-ring (bicyclic) bond motifs is 1. The maximum atomic E-state index is 15.1. The molecule has 1 saturated carbocycles. The van der Waals surface area contributed by atoms with E-state index in [1.54, 1.807) is 11.6 Å². The predicted octanol–water partition coefficient (Wildman–Crippen LogP) is 5.18. The summed E-state index contributed by atoms with van der Waals surface area (Å²) >= 11 is 0. The highest BCUT2D eigenvalue weighted by atomic mass is 32.2. The number of aryl methyl sites for hydroxylation is 1. The fourth-order valence-corrected chi connectivity index (χ4v) is 5.90. The number of anilines is 2. The minimum absolute atomic E-state index is 0.0772. The van der Waals surface area contributed by atoms with Crippen LogP contribution < -0.4 is 15.8 Å². The lowest BCUT2D eigenvalue weighted by atomic mass is 9.92. The van der Waals surface area contributed by atoms with E-state index in [2.05, 4.69) is 20.3 Å². The first-order valence-corrected chi connectivity index (χ1v) is 14.2. The van der Waals surface area contributed by atoms with Crippen LogP contribution in [0.2, 0.25) is 0 Å². The first-order chi connectivity index (χ1) is 19.0. The van der Waals surface area contributed by atoms with E-state index < -0.39 is 50.3 Å². The number of nitrogens with two attached hydrogens (primary N) is 1. The molecule has 0 bridgehead atoms. The lowest BCUT2D eigenvalue weighted by Crippen LogP contribution is -2.33. The molecule has 1 fully saturated rings. The quantitative estimate of drug-likeness (QED) is 0.205. The van der Waals surface area contributed by atoms with Crippen molar-refractivity contribution in [3.8, 4) is 11.3 Å². The molecule has 4 aromatic rings. The summed E-state index contributed by atoms with van der Waals surface area (Å²) in [5, 5.41) is 3.30. The number of rotatable bonds is 7. The van der Waals surface area contributed by atoms with Gasteiger partial charge in [0.05, 0.1) is 23.2 Å². The Balaban J connectivity index is 1.41. The Morgan fingerprint density at radius 2 is 1.68 bits per heavy atom. The molecule has 0 radical (unpaired) electrons. The van der Waals surface area contributed by atoms with Crippen molar-refractivity contribution >= 4 is 32.7 Å². The number of nitrogens with one attached hydrogen (secondary N) is 2. The minimum Gasteiger partial charge on any atom is -0.351 e. The molecular formula is C27H26F4N6O2S. The predicted molar refractivity (Wildman–Crippen MR) is 144 cm³/mol. The van der Waals surface area contributed by atoms with Crippen LogP contribution in [0.1, 0.15) is 36.8 Å². The zero-order valence-corrected chi connectivity index (χ0v) is 22.2. The van der Waals surface area contributed by atoms with Gasteiger partial charge in [-0.3, -0.25) is 4.72 Å². The average molecular weight is 575 g/mol. The Kier molecular flexibility index (Phi) is 7.60. The van der Waals surface area contributed by atoms with Crippen molar-refractivity contribution < 1.29 is 26.0 Å². The molecule has 0 amide bonds. The monoisotopic (exact) mass is 574 g/mol. The van der Waals surface area contributed by atoms with Crippen molar-refractivity contribution in [2.45, 2.75) is 50.4 Å². The number of hydrogen-bond acceptors (Lipinski definition) is 7. The van der Waals surface area contributed by atoms with Crippen LogP contribution in [0.25, 0.3) is 22.3 Å². The van der Waals surface area contributed by atoms with Gasteiger partial charge in [-0.15, -0.1) is 0 Å². The van der Waals surface area contributed by atoms with Crippen LogP contribution in [0.3, 0.4) is 0 Å². The number of hydrogen-bond donors (Lipinski definition) is 3. The lowest BCUT2D eigenvalue weighted by Gasteiger charge is -2.26. The van der Waals surface area contributed by atoms with Crippen molar-refractivity contribution in [2.75, 3.05) is 10.0 Å². The third kappa shape index (κ3) is 5.99. The van der Waals surface area contributed by atoms with Crippen LogP contribution >= 0.6 is 0 Å². The molecule has 13 heteroatoms. The fraction of sp³-hybridized carbons (Fsp3) is 0.296. The van der Waals surface area contributed by atoms with Crippen molar-refractivity contribution in [2.24, 2.45) is 5.73 Å². The highest BCUT2D eigenvalue weighted by Gasteiger charge is 2.25. The van der Waals surface area contributed by atoms with Crippen LogP contribution in [0.15, 0.2) is 42.6 Å². The third-order valence-corrected chi connectivity index (χ3v) is 8.03. The van der Waals surface area contributed by atoms with Crippen LogP contribution in [0.5, 0.6) is 0 Å². The largest absolute Gasteiger partial charge is 0.351 e. The summed E-state index contributed by atoms with van der Waals surface area (Å²) in [7, 11) is -4.36. The third-order valence-electron chi connectivity index (χ3n) is 6.80. The maximum Gasteiger partial charge on any atom is 0.237 e. The van der Waals surface area contributed by atoms with Crippen LogP contribution in [0, 0.1) is 30.2 Å². The van der Waals surface area contributed by atoms with Gasteiger partial charge < -0.3 is 11.1 Å². The van der Waals surface area contributed by atoms with Crippen LogP contribution in [-0.2, 0) is 15.8 Å². The SMILES string of the molecule is Cc1cc(-c2cc(F)c(NS(=O)(=O)Cc3ccc(F)cc3)c(F)c2F)nc2cnc(NC3CCC(N)CC3)nc12. The summed E-state index contributed by atoms with van der Waals surface area (Å²) < 4.78 is 84.9. The van der Waals surface area contributed by atoms with E-state index in [1.165, 1.54) is 24.4 Å². The summed E-state index contributed by atoms with van der Waals surface area (Å²) in [4.78, 5) is 13.1. The molecule has 4 N–H and O–H groups in total. The standard InChI is InChI=1S/C27H26F4N6O2S/c1-14-10-21(35-22-12-33-27(36-25(14)22)34-18-8-6-17(32)7-9-18)19-11-20(29)26(24(31)23(19)30)37-40(38,39)13-15-2-4-16(28)5-3-15/h2-5,10-12,17-18,37H,6-9,13,32H2,1H3,(H,33,34,36). The molecule has 1 aliphatic carbocycles. The Labute approximate surface area is 228 Å². The average Bonchev–Trinajstić information content (AvgIpc) is 2.91. The molecule has 0 spiro atoms. The zero-order valence-electron chi connectivity index (χ0n) is 21.4. The first-order valence-electron chi connectivity index (χ1n) is 12.6. The second kappa shape index (κ2) is 11.0. The van der Waals surface area contributed by atoms with Crippen molar-refractivity contribution in [3.05, 3.63) is 77.0 Å². The molecule has 2 aromatic carbocycles. The summed E-state index contributed by atoms with van der Waals surface area (Å²) in [6, 6.07) is 7.03. The topological polar surface area (TPSA) is 123 Å². The maximum absolute atomic E-state index is 15.1. The van der Waals surface area contributed by atoms with Crippen LogP contribution in [-0.4, -0.2) is 35.5 Å². The van der Waals surface area contributed by atoms with Gasteiger partial charge in [0.2, 0.25) is 16.0 Å². The van der Waals surface area contributed by atoms with E-state index >= 15 is 4.39 Å². The molecule has 2 aromatic heterocycles. The van der Waals surface area contributed by atoms with Crippen molar-refractivity contribution in [3.63, 3.8) is 0 Å². The summed E-state index contributed by atoms with van der Waals surface area (Å²) in [6.45, 7) is 1.70. The van der Waals surface area contributed by atoms with Gasteiger partial charge in [0, 0.05) is 17.6 Å². The zero-order chi connectivity index (χ0) is 28.6. The Hall–Kier alpha value is -3.84. The van der Waals surface area contributed by atoms with Gasteiger partial charge in [-0.1, -0.05) is 12.1 Å². The van der Waals surface area contributed by atoms with E-state index in [0.717, 1.165) is 37.8 Å². The fourth-order valence-electron chi connectivity index (χ4n) is 4.70. The number of benzene rings is 2. The Bertz CT molecular complexity index is 1680. The number of nitrogens with zero attached hydrogens (tertiary/aromatic N) is 3. The van der Waals surface area contributed by atoms with Crippen molar-refractivity contribution in [1.82, 2.24) is 15.0 Å². The molecule has 2 heterocycles. The number of halogens is 4. The summed E-state index contributed by atoms with van der Waals surface area (Å²) in [6.07, 6.45) is 5.05. The minimum atomic E-state index is -4.36. The van der Waals surface area contributed by atoms with E-state index in [-0.39, 0.29) is 28.9 Å². The van der Waals surface area contributed by atoms with Gasteiger partial charge in [0.25, 0.3) is 0 Å². The Morgan fingerprint density at radius 1 is 0.975 bits per heavy atom. The van der Waals surface area contributed by atoms with Gasteiger partial charge in [-0.05, 0) is 68.0 Å². The van der Waals surface area contributed by atoms with E-state index in [9.17, 15) is 21.6 Å². The van der Waals surface area contributed by atoms with E-state index in [0.29, 0.717) is 23.1 Å². The molecule has 210 valence electrons. The summed E-state index contributed by atoms with van der Waals surface area (Å²) in [5.74, 6) is -5.41. The molecule has 0 atom stereocenters. The van der Waals surface area contributed by atoms with Gasteiger partial charge >= 0.3 is 0 Å².